The number of nitrogens with zero attached hydrogens (tertiary/aromatic N) is 1. The molecule has 0 amide bonds. The molecule has 0 atom stereocenters. The predicted octanol–water partition coefficient (Wildman–Crippen LogP) is 1.68. The van der Waals surface area contributed by atoms with Crippen LogP contribution in [0.5, 0.6) is 5.75 Å². The number of halogens is 1. The van der Waals surface area contributed by atoms with Gasteiger partial charge in [0.2, 0.25) is 0 Å². The third kappa shape index (κ3) is 1.92. The van der Waals surface area contributed by atoms with Crippen molar-refractivity contribution in [3.05, 3.63) is 28.3 Å². The molecule has 0 aliphatic rings. The Balaban J connectivity index is 3.31. The van der Waals surface area contributed by atoms with Crippen molar-refractivity contribution < 1.29 is 4.74 Å². The van der Waals surface area contributed by atoms with Crippen molar-refractivity contribution in [3.8, 4) is 11.8 Å². The summed E-state index contributed by atoms with van der Waals surface area (Å²) in [6.07, 6.45) is 0. The maximum atomic E-state index is 8.66. The van der Waals surface area contributed by atoms with Gasteiger partial charge in [0.25, 0.3) is 0 Å². The van der Waals surface area contributed by atoms with E-state index in [1.54, 1.807) is 12.1 Å². The van der Waals surface area contributed by atoms with Gasteiger partial charge in [-0.15, -0.1) is 0 Å². The topological polar surface area (TPSA) is 59.0 Å². The number of ether oxygens (including phenoxy) is 1. The molecule has 0 aliphatic carbocycles. The lowest BCUT2D eigenvalue weighted by molar-refractivity contribution is 0.410. The third-order valence-electron chi connectivity index (χ3n) is 1.67. The first-order valence-electron chi connectivity index (χ1n) is 3.69. The maximum absolute atomic E-state index is 8.66. The Bertz CT molecular complexity index is 357. The van der Waals surface area contributed by atoms with Gasteiger partial charge in [-0.05, 0) is 12.1 Å². The summed E-state index contributed by atoms with van der Waals surface area (Å²) in [5, 5.41) is 9.07. The van der Waals surface area contributed by atoms with Crippen LogP contribution in [0.2, 0.25) is 5.02 Å². The van der Waals surface area contributed by atoms with E-state index in [2.05, 4.69) is 0 Å². The Kier molecular flexibility index (Phi) is 3.13. The van der Waals surface area contributed by atoms with E-state index in [1.807, 2.05) is 6.07 Å². The van der Waals surface area contributed by atoms with Crippen LogP contribution in [-0.2, 0) is 6.54 Å². The molecule has 0 bridgehead atoms. The van der Waals surface area contributed by atoms with E-state index in [1.165, 1.54) is 7.11 Å². The van der Waals surface area contributed by atoms with Crippen LogP contribution in [0.25, 0.3) is 0 Å². The second-order valence-corrected chi connectivity index (χ2v) is 2.87. The van der Waals surface area contributed by atoms with Crippen molar-refractivity contribution >= 4 is 11.6 Å². The van der Waals surface area contributed by atoms with Crippen molar-refractivity contribution in [1.82, 2.24) is 0 Å². The van der Waals surface area contributed by atoms with Crippen molar-refractivity contribution in [1.29, 1.82) is 5.26 Å². The van der Waals surface area contributed by atoms with E-state index >= 15 is 0 Å². The molecule has 0 saturated carbocycles. The number of nitrogens with two attached hydrogens (primary N) is 1. The SMILES string of the molecule is COc1c(Cl)cc(C#N)cc1CN. The standard InChI is InChI=1S/C9H9ClN2O/c1-13-9-7(5-12)2-6(4-11)3-8(9)10/h2-3H,5,12H2,1H3. The Labute approximate surface area is 81.7 Å². The highest BCUT2D eigenvalue weighted by Crippen LogP contribution is 2.29. The molecule has 1 aromatic rings. The first-order valence-corrected chi connectivity index (χ1v) is 4.07. The second kappa shape index (κ2) is 4.13. The van der Waals surface area contributed by atoms with Crippen LogP contribution < -0.4 is 10.5 Å². The van der Waals surface area contributed by atoms with Crippen LogP contribution in [0.4, 0.5) is 0 Å². The average Bonchev–Trinajstić information content (AvgIpc) is 2.16. The summed E-state index contributed by atoms with van der Waals surface area (Å²) >= 11 is 5.86. The number of benzene rings is 1. The monoisotopic (exact) mass is 196 g/mol. The minimum absolute atomic E-state index is 0.304. The zero-order valence-electron chi connectivity index (χ0n) is 7.17. The molecule has 4 heteroatoms. The fraction of sp³-hybridized carbons (Fsp3) is 0.222. The van der Waals surface area contributed by atoms with Crippen LogP contribution in [0.3, 0.4) is 0 Å². The minimum atomic E-state index is 0.304. The van der Waals surface area contributed by atoms with Gasteiger partial charge in [0, 0.05) is 12.1 Å². The third-order valence-corrected chi connectivity index (χ3v) is 1.95. The first kappa shape index (κ1) is 9.85. The van der Waals surface area contributed by atoms with Crippen LogP contribution in [0, 0.1) is 11.3 Å². The second-order valence-electron chi connectivity index (χ2n) is 2.47. The molecule has 3 nitrogen and oxygen atoms in total. The zero-order valence-corrected chi connectivity index (χ0v) is 7.93. The number of hydrogen-bond acceptors (Lipinski definition) is 3. The van der Waals surface area contributed by atoms with Crippen molar-refractivity contribution in [2.75, 3.05) is 7.11 Å². The summed E-state index contributed by atoms with van der Waals surface area (Å²) in [5.41, 5.74) is 6.70. The molecule has 0 unspecified atom stereocenters. The summed E-state index contributed by atoms with van der Waals surface area (Å²) in [6, 6.07) is 5.22. The number of hydrogen-bond donors (Lipinski definition) is 1. The molecule has 0 aliphatic heterocycles. The molecule has 2 N–H and O–H groups in total. The smallest absolute Gasteiger partial charge is 0.142 e. The van der Waals surface area contributed by atoms with E-state index in [-0.39, 0.29) is 0 Å². The van der Waals surface area contributed by atoms with Crippen molar-refractivity contribution in [3.63, 3.8) is 0 Å². The van der Waals surface area contributed by atoms with Crippen LogP contribution in [-0.4, -0.2) is 7.11 Å². The number of nitriles is 1. The lowest BCUT2D eigenvalue weighted by Crippen LogP contribution is -2.01. The quantitative estimate of drug-likeness (QED) is 0.783. The summed E-state index contributed by atoms with van der Waals surface area (Å²) in [6.45, 7) is 0.304. The van der Waals surface area contributed by atoms with Gasteiger partial charge in [-0.1, -0.05) is 11.6 Å². The summed E-state index contributed by atoms with van der Waals surface area (Å²) in [7, 11) is 1.52. The highest BCUT2D eigenvalue weighted by atomic mass is 35.5. The Morgan fingerprint density at radius 2 is 2.31 bits per heavy atom. The van der Waals surface area contributed by atoms with Crippen molar-refractivity contribution in [2.45, 2.75) is 6.54 Å². The Hall–Kier alpha value is -1.24. The van der Waals surface area contributed by atoms with Crippen LogP contribution >= 0.6 is 11.6 Å². The van der Waals surface area contributed by atoms with Gasteiger partial charge < -0.3 is 10.5 Å². The molecule has 1 rings (SSSR count). The lowest BCUT2D eigenvalue weighted by atomic mass is 10.1. The highest BCUT2D eigenvalue weighted by Gasteiger charge is 2.08. The summed E-state index contributed by atoms with van der Waals surface area (Å²) in [4.78, 5) is 0. The fourth-order valence-corrected chi connectivity index (χ4v) is 1.41. The molecule has 0 fully saturated rings. The molecule has 0 aromatic heterocycles. The molecule has 1 aromatic carbocycles. The fourth-order valence-electron chi connectivity index (χ4n) is 1.10. The van der Waals surface area contributed by atoms with Crippen LogP contribution in [0.1, 0.15) is 11.1 Å². The summed E-state index contributed by atoms with van der Waals surface area (Å²) in [5.74, 6) is 0.545. The van der Waals surface area contributed by atoms with E-state index < -0.39 is 0 Å². The maximum Gasteiger partial charge on any atom is 0.142 e. The highest BCUT2D eigenvalue weighted by molar-refractivity contribution is 6.32. The van der Waals surface area contributed by atoms with Gasteiger partial charge in [-0.2, -0.15) is 5.26 Å². The lowest BCUT2D eigenvalue weighted by Gasteiger charge is -2.08. The normalized spacial score (nSPS) is 9.38. The van der Waals surface area contributed by atoms with E-state index in [9.17, 15) is 0 Å². The van der Waals surface area contributed by atoms with Gasteiger partial charge in [-0.25, -0.2) is 0 Å². The molecular weight excluding hydrogens is 188 g/mol. The molecule has 0 saturated heterocycles. The Morgan fingerprint density at radius 1 is 1.62 bits per heavy atom. The summed E-state index contributed by atoms with van der Waals surface area (Å²) < 4.78 is 5.05. The average molecular weight is 197 g/mol. The van der Waals surface area contributed by atoms with Gasteiger partial charge in [0.1, 0.15) is 5.75 Å². The van der Waals surface area contributed by atoms with Gasteiger partial charge in [0.05, 0.1) is 23.8 Å². The van der Waals surface area contributed by atoms with Crippen LogP contribution in [0.15, 0.2) is 12.1 Å². The van der Waals surface area contributed by atoms with E-state index in [4.69, 9.17) is 27.3 Å². The van der Waals surface area contributed by atoms with Gasteiger partial charge >= 0.3 is 0 Å². The zero-order chi connectivity index (χ0) is 9.84. The van der Waals surface area contributed by atoms with E-state index in [0.29, 0.717) is 22.9 Å². The molecule has 68 valence electrons. The number of rotatable bonds is 2. The molecular formula is C9H9ClN2O. The minimum Gasteiger partial charge on any atom is -0.495 e. The Morgan fingerprint density at radius 3 is 2.77 bits per heavy atom. The number of methoxy groups -OCH3 is 1. The molecule has 13 heavy (non-hydrogen) atoms. The van der Waals surface area contributed by atoms with E-state index in [0.717, 1.165) is 5.56 Å². The molecule has 0 heterocycles. The largest absolute Gasteiger partial charge is 0.495 e. The van der Waals surface area contributed by atoms with Crippen molar-refractivity contribution in [2.24, 2.45) is 5.73 Å². The van der Waals surface area contributed by atoms with Gasteiger partial charge in [-0.3, -0.25) is 0 Å². The first-order chi connectivity index (χ1) is 6.22. The van der Waals surface area contributed by atoms with Gasteiger partial charge in [0.15, 0.2) is 0 Å². The molecule has 0 radical (unpaired) electrons. The molecule has 0 spiro atoms. The predicted molar refractivity (Wildman–Crippen MR) is 50.6 cm³/mol.